The van der Waals surface area contributed by atoms with Crippen LogP contribution in [-0.4, -0.2) is 18.5 Å². The number of nitrogens with one attached hydrogen (secondary N) is 1. The van der Waals surface area contributed by atoms with Crippen molar-refractivity contribution in [3.05, 3.63) is 89.5 Å². The molecule has 154 valence electrons. The minimum absolute atomic E-state index is 0.198. The van der Waals surface area contributed by atoms with Gasteiger partial charge in [-0.3, -0.25) is 4.79 Å². The molecule has 0 fully saturated rings. The zero-order valence-corrected chi connectivity index (χ0v) is 17.3. The molecule has 0 saturated carbocycles. The molecule has 5 nitrogen and oxygen atoms in total. The zero-order valence-electron chi connectivity index (χ0n) is 17.3. The van der Waals surface area contributed by atoms with Crippen LogP contribution in [0, 0.1) is 6.92 Å². The van der Waals surface area contributed by atoms with Crippen molar-refractivity contribution in [3.8, 4) is 11.5 Å². The van der Waals surface area contributed by atoms with E-state index < -0.39 is 5.97 Å². The number of para-hydroxylation sites is 1. The molecule has 0 atom stereocenters. The molecule has 30 heavy (non-hydrogen) atoms. The predicted octanol–water partition coefficient (Wildman–Crippen LogP) is 5.36. The predicted molar refractivity (Wildman–Crippen MR) is 117 cm³/mol. The van der Waals surface area contributed by atoms with E-state index in [1.807, 2.05) is 55.5 Å². The van der Waals surface area contributed by atoms with Crippen LogP contribution in [0.25, 0.3) is 0 Å². The molecular formula is C25H25NO4. The highest BCUT2D eigenvalue weighted by Gasteiger charge is 2.10. The van der Waals surface area contributed by atoms with Crippen LogP contribution in [0.4, 0.5) is 5.69 Å². The molecule has 0 aliphatic heterocycles. The van der Waals surface area contributed by atoms with E-state index >= 15 is 0 Å². The van der Waals surface area contributed by atoms with Crippen molar-refractivity contribution in [2.75, 3.05) is 11.9 Å². The van der Waals surface area contributed by atoms with Crippen LogP contribution >= 0.6 is 0 Å². The Bertz CT molecular complexity index is 1010. The maximum Gasteiger partial charge on any atom is 0.349 e. The summed E-state index contributed by atoms with van der Waals surface area (Å²) in [6, 6.07) is 21.4. The van der Waals surface area contributed by atoms with Gasteiger partial charge >= 0.3 is 5.97 Å². The van der Waals surface area contributed by atoms with E-state index in [1.54, 1.807) is 24.3 Å². The van der Waals surface area contributed by atoms with Crippen LogP contribution in [0.15, 0.2) is 72.8 Å². The van der Waals surface area contributed by atoms with Gasteiger partial charge in [0.05, 0.1) is 0 Å². The summed E-state index contributed by atoms with van der Waals surface area (Å²) in [7, 11) is 0. The summed E-state index contributed by atoms with van der Waals surface area (Å²) >= 11 is 0. The molecule has 0 aromatic heterocycles. The molecule has 1 amide bonds. The van der Waals surface area contributed by atoms with Gasteiger partial charge in [-0.1, -0.05) is 38.1 Å². The Morgan fingerprint density at radius 3 is 2.20 bits per heavy atom. The summed E-state index contributed by atoms with van der Waals surface area (Å²) < 4.78 is 10.8. The number of benzene rings is 3. The molecule has 3 aromatic rings. The minimum atomic E-state index is -0.512. The lowest BCUT2D eigenvalue weighted by atomic mass is 9.98. The van der Waals surface area contributed by atoms with Crippen molar-refractivity contribution in [1.29, 1.82) is 0 Å². The molecule has 0 aliphatic rings. The Balaban J connectivity index is 1.52. The van der Waals surface area contributed by atoms with Gasteiger partial charge < -0.3 is 14.8 Å². The lowest BCUT2D eigenvalue weighted by Crippen LogP contribution is -2.18. The monoisotopic (exact) mass is 403 g/mol. The molecule has 0 heterocycles. The molecule has 0 spiro atoms. The first kappa shape index (κ1) is 21.1. The smallest absolute Gasteiger partial charge is 0.349 e. The van der Waals surface area contributed by atoms with Crippen molar-refractivity contribution < 1.29 is 19.1 Å². The Morgan fingerprint density at radius 1 is 0.900 bits per heavy atom. The molecule has 0 unspecified atom stereocenters. The molecular weight excluding hydrogens is 378 g/mol. The number of ether oxygens (including phenoxy) is 2. The fourth-order valence-electron chi connectivity index (χ4n) is 3.09. The van der Waals surface area contributed by atoms with E-state index in [4.69, 9.17) is 9.47 Å². The Labute approximate surface area is 176 Å². The molecule has 3 aromatic carbocycles. The number of carbonyl (C=O) groups excluding carboxylic acids is 2. The normalized spacial score (nSPS) is 10.5. The van der Waals surface area contributed by atoms with Gasteiger partial charge in [-0.25, -0.2) is 4.79 Å². The van der Waals surface area contributed by atoms with E-state index in [2.05, 4.69) is 19.2 Å². The summed E-state index contributed by atoms with van der Waals surface area (Å²) in [5.41, 5.74) is 3.56. The van der Waals surface area contributed by atoms with E-state index in [0.717, 1.165) is 5.56 Å². The maximum atomic E-state index is 12.3. The third-order valence-electron chi connectivity index (χ3n) is 4.60. The second-order valence-electron chi connectivity index (χ2n) is 7.28. The summed E-state index contributed by atoms with van der Waals surface area (Å²) in [6.45, 7) is 6.10. The van der Waals surface area contributed by atoms with Gasteiger partial charge in [0.15, 0.2) is 6.61 Å². The van der Waals surface area contributed by atoms with Gasteiger partial charge in [0.25, 0.3) is 5.91 Å². The number of amides is 1. The van der Waals surface area contributed by atoms with E-state index in [1.165, 1.54) is 5.56 Å². The molecule has 1 N–H and O–H groups in total. The largest absolute Gasteiger partial charge is 0.482 e. The Morgan fingerprint density at radius 2 is 1.57 bits per heavy atom. The number of esters is 1. The fourth-order valence-corrected chi connectivity index (χ4v) is 3.09. The van der Waals surface area contributed by atoms with Crippen LogP contribution in [0.3, 0.4) is 0 Å². The molecule has 0 aliphatic carbocycles. The Kier molecular flexibility index (Phi) is 6.86. The number of rotatable bonds is 7. The highest BCUT2D eigenvalue weighted by Crippen LogP contribution is 2.23. The second-order valence-corrected chi connectivity index (χ2v) is 7.28. The SMILES string of the molecule is Cc1cc(OCC(=O)Oc2ccc(C(=O)Nc3ccccc3)cc2)ccc1C(C)C. The first-order valence-corrected chi connectivity index (χ1v) is 9.83. The van der Waals surface area contributed by atoms with Gasteiger partial charge in [-0.05, 0) is 72.5 Å². The van der Waals surface area contributed by atoms with Crippen molar-refractivity contribution in [1.82, 2.24) is 0 Å². The van der Waals surface area contributed by atoms with Gasteiger partial charge in [0, 0.05) is 11.3 Å². The highest BCUT2D eigenvalue weighted by atomic mass is 16.6. The van der Waals surface area contributed by atoms with Gasteiger partial charge in [-0.2, -0.15) is 0 Å². The summed E-state index contributed by atoms with van der Waals surface area (Å²) in [5.74, 6) is 0.666. The van der Waals surface area contributed by atoms with Crippen LogP contribution < -0.4 is 14.8 Å². The van der Waals surface area contributed by atoms with Crippen LogP contribution in [0.1, 0.15) is 41.3 Å². The standard InChI is InChI=1S/C25H25NO4/c1-17(2)23-14-13-22(15-18(23)3)29-16-24(27)30-21-11-9-19(10-12-21)25(28)26-20-7-5-4-6-8-20/h4-15,17H,16H2,1-3H3,(H,26,28). The van der Waals surface area contributed by atoms with Gasteiger partial charge in [0.2, 0.25) is 0 Å². The second kappa shape index (κ2) is 9.74. The minimum Gasteiger partial charge on any atom is -0.482 e. The van der Waals surface area contributed by atoms with Crippen molar-refractivity contribution in [2.45, 2.75) is 26.7 Å². The zero-order chi connectivity index (χ0) is 21.5. The fraction of sp³-hybridized carbons (Fsp3) is 0.200. The maximum absolute atomic E-state index is 12.3. The lowest BCUT2D eigenvalue weighted by Gasteiger charge is -2.12. The van der Waals surface area contributed by atoms with Crippen molar-refractivity contribution in [2.24, 2.45) is 0 Å². The lowest BCUT2D eigenvalue weighted by molar-refractivity contribution is -0.136. The van der Waals surface area contributed by atoms with Crippen LogP contribution in [-0.2, 0) is 4.79 Å². The molecule has 0 saturated heterocycles. The summed E-state index contributed by atoms with van der Waals surface area (Å²) in [5, 5.41) is 2.81. The molecule has 0 bridgehead atoms. The van der Waals surface area contributed by atoms with E-state index in [9.17, 15) is 9.59 Å². The quantitative estimate of drug-likeness (QED) is 0.426. The summed E-state index contributed by atoms with van der Waals surface area (Å²) in [4.78, 5) is 24.3. The number of anilines is 1. The molecule has 3 rings (SSSR count). The highest BCUT2D eigenvalue weighted by molar-refractivity contribution is 6.04. The van der Waals surface area contributed by atoms with E-state index in [0.29, 0.717) is 28.7 Å². The average Bonchev–Trinajstić information content (AvgIpc) is 2.73. The third kappa shape index (κ3) is 5.70. The first-order chi connectivity index (χ1) is 14.4. The Hall–Kier alpha value is -3.60. The first-order valence-electron chi connectivity index (χ1n) is 9.83. The van der Waals surface area contributed by atoms with Crippen molar-refractivity contribution >= 4 is 17.6 Å². The van der Waals surface area contributed by atoms with E-state index in [-0.39, 0.29) is 12.5 Å². The molecule has 5 heteroatoms. The van der Waals surface area contributed by atoms with Crippen LogP contribution in [0.5, 0.6) is 11.5 Å². The third-order valence-corrected chi connectivity index (χ3v) is 4.60. The molecule has 0 radical (unpaired) electrons. The van der Waals surface area contributed by atoms with Gasteiger partial charge in [0.1, 0.15) is 11.5 Å². The number of carbonyl (C=O) groups is 2. The van der Waals surface area contributed by atoms with Crippen LogP contribution in [0.2, 0.25) is 0 Å². The number of hydrogen-bond acceptors (Lipinski definition) is 4. The number of aryl methyl sites for hydroxylation is 1. The van der Waals surface area contributed by atoms with Crippen molar-refractivity contribution in [3.63, 3.8) is 0 Å². The number of hydrogen-bond donors (Lipinski definition) is 1. The summed E-state index contributed by atoms with van der Waals surface area (Å²) in [6.07, 6.45) is 0. The average molecular weight is 403 g/mol. The topological polar surface area (TPSA) is 64.6 Å². The van der Waals surface area contributed by atoms with Gasteiger partial charge in [-0.15, -0.1) is 0 Å².